The fraction of sp³-hybridized carbons (Fsp3) is 0.273. The standard InChI is InChI=1S/C11H12N2O2S/c1-8-7-16-10(12-8)13-11(14)15-9-5-3-2-4-6-9/h2-6,8H,7H2,1H3,(H,12,13,14). The predicted octanol–water partition coefficient (Wildman–Crippen LogP) is 2.27. The van der Waals surface area contributed by atoms with Crippen molar-refractivity contribution in [1.82, 2.24) is 5.32 Å². The molecule has 1 aliphatic heterocycles. The minimum Gasteiger partial charge on any atom is -0.410 e. The summed E-state index contributed by atoms with van der Waals surface area (Å²) in [5.41, 5.74) is 0. The van der Waals surface area contributed by atoms with Crippen molar-refractivity contribution in [1.29, 1.82) is 0 Å². The first-order valence-electron chi connectivity index (χ1n) is 4.98. The molecule has 0 spiro atoms. The summed E-state index contributed by atoms with van der Waals surface area (Å²) >= 11 is 1.53. The third kappa shape index (κ3) is 3.00. The smallest absolute Gasteiger partial charge is 0.410 e. The van der Waals surface area contributed by atoms with E-state index in [1.165, 1.54) is 11.8 Å². The van der Waals surface area contributed by atoms with E-state index < -0.39 is 6.09 Å². The minimum atomic E-state index is -0.494. The summed E-state index contributed by atoms with van der Waals surface area (Å²) in [6.45, 7) is 2.00. The maximum Gasteiger partial charge on any atom is 0.418 e. The van der Waals surface area contributed by atoms with E-state index in [1.807, 2.05) is 25.1 Å². The first kappa shape index (κ1) is 11.0. The highest BCUT2D eigenvalue weighted by Gasteiger charge is 2.16. The van der Waals surface area contributed by atoms with E-state index in [1.54, 1.807) is 12.1 Å². The van der Waals surface area contributed by atoms with Crippen molar-refractivity contribution in [3.05, 3.63) is 30.3 Å². The lowest BCUT2D eigenvalue weighted by molar-refractivity contribution is 0.206. The average Bonchev–Trinajstić information content (AvgIpc) is 2.65. The highest BCUT2D eigenvalue weighted by molar-refractivity contribution is 8.14. The van der Waals surface area contributed by atoms with Crippen LogP contribution in [0, 0.1) is 0 Å². The number of aliphatic imine (C=N–C) groups is 1. The maximum absolute atomic E-state index is 11.4. The van der Waals surface area contributed by atoms with Crippen molar-refractivity contribution in [3.8, 4) is 5.75 Å². The van der Waals surface area contributed by atoms with Crippen molar-refractivity contribution in [2.24, 2.45) is 4.99 Å². The monoisotopic (exact) mass is 236 g/mol. The second-order valence-electron chi connectivity index (χ2n) is 3.42. The van der Waals surface area contributed by atoms with Gasteiger partial charge in [-0.15, -0.1) is 0 Å². The molecule has 16 heavy (non-hydrogen) atoms. The molecule has 1 unspecified atom stereocenters. The number of ether oxygens (including phenoxy) is 1. The minimum absolute atomic E-state index is 0.261. The molecule has 0 bridgehead atoms. The van der Waals surface area contributed by atoms with E-state index >= 15 is 0 Å². The molecule has 1 N–H and O–H groups in total. The van der Waals surface area contributed by atoms with E-state index in [2.05, 4.69) is 10.3 Å². The van der Waals surface area contributed by atoms with Gasteiger partial charge in [-0.3, -0.25) is 10.3 Å². The lowest BCUT2D eigenvalue weighted by Gasteiger charge is -2.04. The van der Waals surface area contributed by atoms with Crippen molar-refractivity contribution in [3.63, 3.8) is 0 Å². The highest BCUT2D eigenvalue weighted by atomic mass is 32.2. The molecule has 5 heteroatoms. The van der Waals surface area contributed by atoms with Crippen LogP contribution in [0.4, 0.5) is 4.79 Å². The number of thioether (sulfide) groups is 1. The van der Waals surface area contributed by atoms with Gasteiger partial charge in [-0.2, -0.15) is 0 Å². The first-order chi connectivity index (χ1) is 7.74. The SMILES string of the molecule is CC1CSC(NC(=O)Oc2ccccc2)=N1. The molecule has 1 aromatic carbocycles. The molecule has 1 aromatic rings. The van der Waals surface area contributed by atoms with Crippen LogP contribution in [0.1, 0.15) is 6.92 Å². The van der Waals surface area contributed by atoms with Gasteiger partial charge in [0.15, 0.2) is 5.17 Å². The first-order valence-corrected chi connectivity index (χ1v) is 5.97. The zero-order valence-corrected chi connectivity index (χ0v) is 9.66. The summed E-state index contributed by atoms with van der Waals surface area (Å²) in [4.78, 5) is 15.7. The van der Waals surface area contributed by atoms with Gasteiger partial charge in [-0.1, -0.05) is 30.0 Å². The molecule has 2 rings (SSSR count). The van der Waals surface area contributed by atoms with Crippen molar-refractivity contribution >= 4 is 23.0 Å². The molecule has 0 aliphatic carbocycles. The molecule has 1 heterocycles. The van der Waals surface area contributed by atoms with Gasteiger partial charge in [0.25, 0.3) is 0 Å². The second-order valence-corrected chi connectivity index (χ2v) is 4.43. The normalized spacial score (nSPS) is 19.1. The Bertz CT molecular complexity index is 406. The Hall–Kier alpha value is -1.49. The predicted molar refractivity (Wildman–Crippen MR) is 65.0 cm³/mol. The summed E-state index contributed by atoms with van der Waals surface area (Å²) in [6, 6.07) is 9.21. The van der Waals surface area contributed by atoms with Crippen molar-refractivity contribution < 1.29 is 9.53 Å². The summed E-state index contributed by atoms with van der Waals surface area (Å²) < 4.78 is 5.07. The van der Waals surface area contributed by atoms with Gasteiger partial charge in [-0.05, 0) is 19.1 Å². The molecule has 1 atom stereocenters. The van der Waals surface area contributed by atoms with E-state index in [-0.39, 0.29) is 6.04 Å². The van der Waals surface area contributed by atoms with E-state index in [0.717, 1.165) is 5.75 Å². The fourth-order valence-corrected chi connectivity index (χ4v) is 2.13. The Labute approximate surface area is 98.1 Å². The van der Waals surface area contributed by atoms with Gasteiger partial charge in [0.1, 0.15) is 5.75 Å². The molecule has 4 nitrogen and oxygen atoms in total. The largest absolute Gasteiger partial charge is 0.418 e. The third-order valence-corrected chi connectivity index (χ3v) is 3.09. The average molecular weight is 236 g/mol. The van der Waals surface area contributed by atoms with Crippen LogP contribution in [0.5, 0.6) is 5.75 Å². The number of rotatable bonds is 1. The Balaban J connectivity index is 1.88. The van der Waals surface area contributed by atoms with Gasteiger partial charge in [0, 0.05) is 5.75 Å². The van der Waals surface area contributed by atoms with Crippen molar-refractivity contribution in [2.75, 3.05) is 5.75 Å². The van der Waals surface area contributed by atoms with E-state index in [4.69, 9.17) is 4.74 Å². The van der Waals surface area contributed by atoms with Crippen LogP contribution in [0.3, 0.4) is 0 Å². The number of carbonyl (C=O) groups excluding carboxylic acids is 1. The number of hydrogen-bond donors (Lipinski definition) is 1. The van der Waals surface area contributed by atoms with Crippen LogP contribution in [-0.4, -0.2) is 23.1 Å². The topological polar surface area (TPSA) is 50.7 Å². The number of nitrogens with zero attached hydrogens (tertiary/aromatic N) is 1. The van der Waals surface area contributed by atoms with Gasteiger partial charge in [-0.25, -0.2) is 4.79 Å². The molecule has 0 saturated carbocycles. The highest BCUT2D eigenvalue weighted by Crippen LogP contribution is 2.16. The molecule has 1 aliphatic rings. The molecule has 1 amide bonds. The van der Waals surface area contributed by atoms with Crippen LogP contribution in [-0.2, 0) is 0 Å². The number of amides is 1. The van der Waals surface area contributed by atoms with Crippen LogP contribution >= 0.6 is 11.8 Å². The van der Waals surface area contributed by atoms with Gasteiger partial charge < -0.3 is 4.74 Å². The van der Waals surface area contributed by atoms with Gasteiger partial charge in [0.05, 0.1) is 6.04 Å². The van der Waals surface area contributed by atoms with Gasteiger partial charge in [0.2, 0.25) is 0 Å². The second kappa shape index (κ2) is 5.03. The summed E-state index contributed by atoms with van der Waals surface area (Å²) in [6.07, 6.45) is -0.494. The van der Waals surface area contributed by atoms with Crippen LogP contribution in [0.15, 0.2) is 35.3 Å². The summed E-state index contributed by atoms with van der Waals surface area (Å²) in [5.74, 6) is 1.43. The maximum atomic E-state index is 11.4. The zero-order chi connectivity index (χ0) is 11.4. The Morgan fingerprint density at radius 2 is 2.25 bits per heavy atom. The summed E-state index contributed by atoms with van der Waals surface area (Å²) in [5, 5.41) is 3.24. The Kier molecular flexibility index (Phi) is 3.46. The molecular formula is C11H12N2O2S. The van der Waals surface area contributed by atoms with Crippen molar-refractivity contribution in [2.45, 2.75) is 13.0 Å². The lowest BCUT2D eigenvalue weighted by atomic mass is 10.3. The molecular weight excluding hydrogens is 224 g/mol. The number of para-hydroxylation sites is 1. The van der Waals surface area contributed by atoms with Gasteiger partial charge >= 0.3 is 6.09 Å². The molecule has 0 aromatic heterocycles. The summed E-state index contributed by atoms with van der Waals surface area (Å²) in [7, 11) is 0. The number of amidine groups is 1. The fourth-order valence-electron chi connectivity index (χ4n) is 1.25. The van der Waals surface area contributed by atoms with E-state index in [0.29, 0.717) is 10.9 Å². The van der Waals surface area contributed by atoms with Crippen LogP contribution in [0.25, 0.3) is 0 Å². The number of nitrogens with one attached hydrogen (secondary N) is 1. The number of hydrogen-bond acceptors (Lipinski definition) is 4. The lowest BCUT2D eigenvalue weighted by Crippen LogP contribution is -2.30. The molecule has 0 fully saturated rings. The molecule has 84 valence electrons. The third-order valence-electron chi connectivity index (χ3n) is 1.96. The Morgan fingerprint density at radius 3 is 2.88 bits per heavy atom. The van der Waals surface area contributed by atoms with Crippen LogP contribution < -0.4 is 10.1 Å². The molecule has 0 saturated heterocycles. The quantitative estimate of drug-likeness (QED) is 0.813. The zero-order valence-electron chi connectivity index (χ0n) is 8.84. The van der Waals surface area contributed by atoms with Crippen LogP contribution in [0.2, 0.25) is 0 Å². The molecule has 0 radical (unpaired) electrons. The number of benzene rings is 1. The Morgan fingerprint density at radius 1 is 1.50 bits per heavy atom. The van der Waals surface area contributed by atoms with E-state index in [9.17, 15) is 4.79 Å². The number of carbonyl (C=O) groups is 1.